The molecule has 140 heavy (non-hydrogen) atoms. The molecular weight excluding hydrogens is 1780 g/mol. The number of fused-ring (bicyclic) bond motifs is 10. The molecule has 0 bridgehead atoms. The summed E-state index contributed by atoms with van der Waals surface area (Å²) in [6, 6.07) is 170. The topological polar surface area (TPSA) is 112 Å². The highest BCUT2D eigenvalue weighted by molar-refractivity contribution is 7.85. The van der Waals surface area contributed by atoms with Crippen molar-refractivity contribution in [1.82, 2.24) is 39.5 Å². The van der Waals surface area contributed by atoms with Gasteiger partial charge in [-0.15, -0.1) is 34.0 Å². The van der Waals surface area contributed by atoms with Crippen LogP contribution in [0, 0.1) is 0 Å². The fraction of sp³-hybridized carbons (Fsp3) is 0. The molecular formula is C127H83N8OPS3. The van der Waals surface area contributed by atoms with Crippen LogP contribution in [0.2, 0.25) is 0 Å². The van der Waals surface area contributed by atoms with Crippen LogP contribution in [0.3, 0.4) is 0 Å². The van der Waals surface area contributed by atoms with Gasteiger partial charge in [0, 0.05) is 134 Å². The smallest absolute Gasteiger partial charge is 0.171 e. The number of benzene rings is 16. The van der Waals surface area contributed by atoms with Crippen LogP contribution in [0.25, 0.3) is 223 Å². The van der Waals surface area contributed by atoms with Crippen molar-refractivity contribution in [1.29, 1.82) is 0 Å². The number of aromatic nitrogens is 8. The largest absolute Gasteiger partial charge is 0.309 e. The van der Waals surface area contributed by atoms with Gasteiger partial charge in [0.1, 0.15) is 5.82 Å². The van der Waals surface area contributed by atoms with Crippen LogP contribution in [0.4, 0.5) is 0 Å². The maximum atomic E-state index is 15.1. The Balaban J connectivity index is 0.000000114. The first-order chi connectivity index (χ1) is 69.3. The molecule has 0 atom stereocenters. The summed E-state index contributed by atoms with van der Waals surface area (Å²) in [5.74, 6) is 0.926. The molecule has 10 aromatic heterocycles. The Labute approximate surface area is 821 Å². The van der Waals surface area contributed by atoms with Crippen molar-refractivity contribution >= 4 is 131 Å². The third-order valence-corrected chi connectivity index (χ3v) is 32.7. The van der Waals surface area contributed by atoms with E-state index in [1.54, 1.807) is 12.4 Å². The van der Waals surface area contributed by atoms with E-state index in [-0.39, 0.29) is 0 Å². The highest BCUT2D eigenvalue weighted by atomic mass is 32.1. The van der Waals surface area contributed by atoms with Gasteiger partial charge in [-0.3, -0.25) is 14.5 Å². The first kappa shape index (κ1) is 85.7. The van der Waals surface area contributed by atoms with Gasteiger partial charge in [0.15, 0.2) is 7.14 Å². The molecule has 0 spiro atoms. The van der Waals surface area contributed by atoms with Gasteiger partial charge < -0.3 is 4.57 Å². The Bertz CT molecular complexity index is 8960. The van der Waals surface area contributed by atoms with Crippen molar-refractivity contribution in [2.45, 2.75) is 0 Å². The summed E-state index contributed by atoms with van der Waals surface area (Å²) >= 11 is 5.52. The molecule has 0 aliphatic rings. The minimum absolute atomic E-state index is 0.809. The molecule has 0 saturated carbocycles. The number of rotatable bonds is 17. The van der Waals surface area contributed by atoms with Crippen LogP contribution in [-0.4, -0.2) is 39.5 Å². The van der Waals surface area contributed by atoms with E-state index in [4.69, 9.17) is 24.9 Å². The van der Waals surface area contributed by atoms with E-state index in [9.17, 15) is 0 Å². The normalized spacial score (nSPS) is 11.5. The molecule has 9 nitrogen and oxygen atoms in total. The van der Waals surface area contributed by atoms with Crippen LogP contribution in [0.1, 0.15) is 0 Å². The van der Waals surface area contributed by atoms with Gasteiger partial charge in [0.2, 0.25) is 0 Å². The molecule has 660 valence electrons. The summed E-state index contributed by atoms with van der Waals surface area (Å²) < 4.78 is 21.1. The second-order valence-electron chi connectivity index (χ2n) is 34.3. The predicted octanol–water partition coefficient (Wildman–Crippen LogP) is 33.2. The zero-order valence-corrected chi connectivity index (χ0v) is 78.9. The lowest BCUT2D eigenvalue weighted by Gasteiger charge is -2.20. The minimum Gasteiger partial charge on any atom is -0.309 e. The fourth-order valence-corrected chi connectivity index (χ4v) is 25.9. The third kappa shape index (κ3) is 16.2. The maximum Gasteiger partial charge on any atom is 0.171 e. The standard InChI is InChI=1S/C44H28N4S.C42H27N3S.C41H28NOPS/c1-3-13-31(14-4-1)42-41-40(43(32-15-5-2-6-16-32)49-44(41)34-17-7-8-18-35(34)48-42)30-23-21-29(22-24-30)33-27-38(36-19-9-11-25-45-36)47-39(28-33)37-20-10-12-26-46-37;1-4-14-29(15-5-1)39-38-37(40(30-16-6-2-7-17-30)46-41(38)33-20-10-11-21-34(33)43-39)28-24-26-31(27-25-28)42-44-35-22-12-13-23-36(35)45(42)32-18-8-3-9-19-32;43-44(32-19-9-3-10-20-32,33-21-11-4-12-22-33)34-27-25-29(26-28-34)37-38-39(30-15-5-1-6-16-30)42-36-24-14-13-23-35(36)41(38)45-40(37)31-17-7-2-8-18-31/h1-28H;1-27H;1-28H. The van der Waals surface area contributed by atoms with Gasteiger partial charge in [0.05, 0.1) is 67.4 Å². The molecule has 0 unspecified atom stereocenters. The molecule has 16 aromatic carbocycles. The Morgan fingerprint density at radius 2 is 0.507 bits per heavy atom. The van der Waals surface area contributed by atoms with Crippen molar-refractivity contribution < 1.29 is 4.57 Å². The summed E-state index contributed by atoms with van der Waals surface area (Å²) in [5, 5.41) is 9.49. The third-order valence-electron chi connectivity index (χ3n) is 25.8. The average molecular weight is 1860 g/mol. The molecule has 0 aliphatic carbocycles. The Morgan fingerprint density at radius 1 is 0.214 bits per heavy atom. The molecule has 0 fully saturated rings. The van der Waals surface area contributed by atoms with E-state index in [2.05, 4.69) is 391 Å². The Morgan fingerprint density at radius 3 is 0.871 bits per heavy atom. The number of hydrogen-bond acceptors (Lipinski definition) is 11. The first-order valence-corrected chi connectivity index (χ1v) is 50.8. The average Bonchev–Trinajstić information content (AvgIpc) is 1.58. The van der Waals surface area contributed by atoms with Gasteiger partial charge in [0.25, 0.3) is 0 Å². The molecule has 10 heterocycles. The number of hydrogen-bond donors (Lipinski definition) is 0. The number of nitrogens with zero attached hydrogens (tertiary/aromatic N) is 8. The molecule has 26 rings (SSSR count). The quantitative estimate of drug-likeness (QED) is 0.0829. The van der Waals surface area contributed by atoms with Gasteiger partial charge >= 0.3 is 0 Å². The van der Waals surface area contributed by atoms with Crippen molar-refractivity contribution in [2.24, 2.45) is 0 Å². The first-order valence-electron chi connectivity index (χ1n) is 46.7. The van der Waals surface area contributed by atoms with E-state index >= 15 is 4.57 Å². The van der Waals surface area contributed by atoms with Crippen molar-refractivity contribution in [3.8, 4) is 149 Å². The van der Waals surface area contributed by atoms with E-state index in [1.807, 2.05) is 149 Å². The maximum absolute atomic E-state index is 15.1. The number of thiophene rings is 3. The summed E-state index contributed by atoms with van der Waals surface area (Å²) in [5.41, 5.74) is 29.4. The Kier molecular flexibility index (Phi) is 23.1. The molecule has 13 heteroatoms. The summed E-state index contributed by atoms with van der Waals surface area (Å²) in [6.45, 7) is 0. The SMILES string of the molecule is O=P(c1ccccc1)(c1ccccc1)c1ccc(-c2c(-c3ccccc3)sc3c2c(-c2ccccc2)nc2ccccc23)cc1.c1ccc(-c2sc3c(c(-c4ccccc4)nc4ccccc43)c2-c2ccc(-c3cc(-c4ccccn4)nc(-c4ccccn4)c3)cc2)cc1.c1ccc(-c2sc3c(c(-c4ccccc4)nc4ccccc43)c2-c2ccc(-c3nc4ccccc4n3-c3ccccc3)cc2)cc1. The van der Waals surface area contributed by atoms with E-state index in [0.29, 0.717) is 0 Å². The molecule has 0 saturated heterocycles. The highest BCUT2D eigenvalue weighted by Gasteiger charge is 2.32. The number of para-hydroxylation sites is 6. The summed E-state index contributed by atoms with van der Waals surface area (Å²) in [7, 11) is -3.09. The van der Waals surface area contributed by atoms with E-state index < -0.39 is 7.14 Å². The van der Waals surface area contributed by atoms with Crippen molar-refractivity contribution in [2.75, 3.05) is 0 Å². The van der Waals surface area contributed by atoms with Crippen LogP contribution >= 0.6 is 41.2 Å². The lowest BCUT2D eigenvalue weighted by Crippen LogP contribution is -2.24. The van der Waals surface area contributed by atoms with Crippen LogP contribution < -0.4 is 15.9 Å². The van der Waals surface area contributed by atoms with Crippen molar-refractivity contribution in [3.63, 3.8) is 0 Å². The molecule has 26 aromatic rings. The lowest BCUT2D eigenvalue weighted by molar-refractivity contribution is 0.592. The van der Waals surface area contributed by atoms with Gasteiger partial charge in [-0.05, 0) is 123 Å². The summed E-state index contributed by atoms with van der Waals surface area (Å²) in [6.07, 6.45) is 3.60. The molecule has 0 radical (unpaired) electrons. The zero-order valence-electron chi connectivity index (χ0n) is 75.6. The molecule has 0 N–H and O–H groups in total. The van der Waals surface area contributed by atoms with E-state index in [1.165, 1.54) is 78.1 Å². The number of imidazole rings is 1. The minimum atomic E-state index is -3.09. The second kappa shape index (κ2) is 37.8. The van der Waals surface area contributed by atoms with Gasteiger partial charge in [-0.25, -0.2) is 24.9 Å². The van der Waals surface area contributed by atoms with Crippen molar-refractivity contribution in [3.05, 3.63) is 504 Å². The fourth-order valence-electron chi connectivity index (χ4n) is 19.2. The van der Waals surface area contributed by atoms with Gasteiger partial charge in [-0.2, -0.15) is 0 Å². The second-order valence-corrected chi connectivity index (χ2v) is 40.1. The zero-order chi connectivity index (χ0) is 93.2. The summed E-state index contributed by atoms with van der Waals surface area (Å²) in [4.78, 5) is 38.8. The highest BCUT2D eigenvalue weighted by Crippen LogP contribution is 2.55. The Hall–Kier alpha value is -17.2. The molecule has 0 amide bonds. The van der Waals surface area contributed by atoms with Gasteiger partial charge in [-0.1, -0.05) is 413 Å². The van der Waals surface area contributed by atoms with Crippen LogP contribution in [-0.2, 0) is 4.57 Å². The monoisotopic (exact) mass is 1860 g/mol. The lowest BCUT2D eigenvalue weighted by atomic mass is 9.93. The van der Waals surface area contributed by atoms with Crippen LogP contribution in [0.5, 0.6) is 0 Å². The predicted molar refractivity (Wildman–Crippen MR) is 589 cm³/mol. The molecule has 0 aliphatic heterocycles. The van der Waals surface area contributed by atoms with E-state index in [0.717, 1.165) is 161 Å². The van der Waals surface area contributed by atoms with Crippen LogP contribution in [0.15, 0.2) is 504 Å². The number of pyridine rings is 6.